The predicted molar refractivity (Wildman–Crippen MR) is 122 cm³/mol. The number of esters is 1. The lowest BCUT2D eigenvalue weighted by atomic mass is 10.1. The molecule has 1 heterocycles. The van der Waals surface area contributed by atoms with Gasteiger partial charge in [-0.1, -0.05) is 36.9 Å². The Hall–Kier alpha value is -4.02. The van der Waals surface area contributed by atoms with Crippen LogP contribution in [0.2, 0.25) is 0 Å². The number of carbonyl (C=O) groups excluding carboxylic acids is 1. The molecule has 41 heavy (non-hydrogen) atoms. The van der Waals surface area contributed by atoms with Gasteiger partial charge < -0.3 is 13.9 Å². The van der Waals surface area contributed by atoms with Gasteiger partial charge in [-0.2, -0.15) is 17.6 Å². The first-order valence-electron chi connectivity index (χ1n) is 11.1. The van der Waals surface area contributed by atoms with E-state index in [1.54, 1.807) is 30.3 Å². The van der Waals surface area contributed by atoms with E-state index in [-0.39, 0.29) is 11.1 Å². The summed E-state index contributed by atoms with van der Waals surface area (Å²) in [4.78, 5) is 23.4. The molecule has 222 valence electrons. The van der Waals surface area contributed by atoms with Crippen LogP contribution in [0.15, 0.2) is 76.0 Å². The molecule has 0 radical (unpaired) electrons. The van der Waals surface area contributed by atoms with E-state index in [9.17, 15) is 44.7 Å². The molecule has 16 heteroatoms. The van der Waals surface area contributed by atoms with Crippen molar-refractivity contribution in [1.82, 2.24) is 0 Å². The molecule has 0 aliphatic rings. The first kappa shape index (κ1) is 31.5. The van der Waals surface area contributed by atoms with Gasteiger partial charge in [0.2, 0.25) is 0 Å². The SMILES string of the molecule is C=C(C)C(=O)OCC(F)(F)OC(F)(F)OC(F)(F)OC(F)(F)COc1ccc2cc(-c3ccccc3)c(=O)oc2c1. The molecule has 0 amide bonds. The van der Waals surface area contributed by atoms with Crippen molar-refractivity contribution in [2.45, 2.75) is 31.7 Å². The molecular weight excluding hydrogens is 580 g/mol. The molecule has 3 rings (SSSR count). The lowest BCUT2D eigenvalue weighted by molar-refractivity contribution is -0.574. The number of carbonyl (C=O) groups is 1. The third-order valence-electron chi connectivity index (χ3n) is 4.69. The topological polar surface area (TPSA) is 93.4 Å². The van der Waals surface area contributed by atoms with Crippen LogP contribution in [0.4, 0.5) is 35.1 Å². The second kappa shape index (κ2) is 11.8. The van der Waals surface area contributed by atoms with Crippen molar-refractivity contribution < 1.29 is 68.0 Å². The number of alkyl halides is 8. The van der Waals surface area contributed by atoms with E-state index >= 15 is 0 Å². The van der Waals surface area contributed by atoms with Crippen molar-refractivity contribution in [3.8, 4) is 16.9 Å². The van der Waals surface area contributed by atoms with Crippen LogP contribution in [0.1, 0.15) is 6.92 Å². The highest BCUT2D eigenvalue weighted by atomic mass is 19.3. The predicted octanol–water partition coefficient (Wildman–Crippen LogP) is 6.29. The normalized spacial score (nSPS) is 12.8. The minimum absolute atomic E-state index is 0.128. The molecule has 0 unspecified atom stereocenters. The Labute approximate surface area is 224 Å². The minimum Gasteiger partial charge on any atom is -0.484 e. The zero-order valence-electron chi connectivity index (χ0n) is 20.6. The maximum Gasteiger partial charge on any atom is 0.496 e. The smallest absolute Gasteiger partial charge is 0.484 e. The van der Waals surface area contributed by atoms with Gasteiger partial charge in [0.1, 0.15) is 11.3 Å². The summed E-state index contributed by atoms with van der Waals surface area (Å²) in [5.74, 6) is -1.88. The quantitative estimate of drug-likeness (QED) is 0.0745. The number of rotatable bonds is 13. The van der Waals surface area contributed by atoms with Crippen molar-refractivity contribution >= 4 is 16.9 Å². The number of halogens is 8. The maximum absolute atomic E-state index is 13.9. The van der Waals surface area contributed by atoms with Gasteiger partial charge in [-0.3, -0.25) is 0 Å². The van der Waals surface area contributed by atoms with Gasteiger partial charge in [0.15, 0.2) is 13.2 Å². The standard InChI is InChI=1S/C25H18F8O8/c1-14(2)20(34)37-13-23(28,29)40-25(32,33)41-24(30,31)39-22(26,27)12-36-17-9-8-16-10-18(15-6-4-3-5-7-15)21(35)38-19(16)11-17/h3-11H,1,12-13H2,2H3. The lowest BCUT2D eigenvalue weighted by Gasteiger charge is -2.27. The minimum atomic E-state index is -5.91. The molecule has 0 bridgehead atoms. The van der Waals surface area contributed by atoms with E-state index in [0.717, 1.165) is 19.1 Å². The van der Waals surface area contributed by atoms with Crippen LogP contribution in [0.5, 0.6) is 5.75 Å². The average Bonchev–Trinajstić information content (AvgIpc) is 2.84. The van der Waals surface area contributed by atoms with Crippen LogP contribution in [-0.2, 0) is 23.7 Å². The van der Waals surface area contributed by atoms with E-state index in [0.29, 0.717) is 10.9 Å². The molecule has 0 saturated heterocycles. The van der Waals surface area contributed by atoms with E-state index in [2.05, 4.69) is 30.3 Å². The summed E-state index contributed by atoms with van der Waals surface area (Å²) in [6.07, 6.45) is -21.9. The summed E-state index contributed by atoms with van der Waals surface area (Å²) in [5.41, 5.74) is -0.584. The molecular formula is C25H18F8O8. The highest BCUT2D eigenvalue weighted by Gasteiger charge is 2.57. The Morgan fingerprint density at radius 1 is 0.829 bits per heavy atom. The van der Waals surface area contributed by atoms with Crippen molar-refractivity contribution in [2.75, 3.05) is 13.2 Å². The van der Waals surface area contributed by atoms with Crippen LogP contribution in [-0.4, -0.2) is 44.0 Å². The largest absolute Gasteiger partial charge is 0.496 e. The third kappa shape index (κ3) is 9.26. The highest BCUT2D eigenvalue weighted by Crippen LogP contribution is 2.37. The second-order valence-corrected chi connectivity index (χ2v) is 8.17. The molecule has 0 saturated carbocycles. The van der Waals surface area contributed by atoms with E-state index in [1.165, 1.54) is 12.1 Å². The number of ether oxygens (including phenoxy) is 5. The fourth-order valence-corrected chi connectivity index (χ4v) is 3.03. The Bertz CT molecular complexity index is 1460. The molecule has 8 nitrogen and oxygen atoms in total. The summed E-state index contributed by atoms with van der Waals surface area (Å²) < 4.78 is 131. The van der Waals surface area contributed by atoms with Crippen molar-refractivity contribution in [3.63, 3.8) is 0 Å². The molecule has 3 aromatic rings. The fourth-order valence-electron chi connectivity index (χ4n) is 3.03. The Morgan fingerprint density at radius 3 is 2.00 bits per heavy atom. The van der Waals surface area contributed by atoms with Crippen molar-refractivity contribution in [2.24, 2.45) is 0 Å². The molecule has 0 aliphatic carbocycles. The van der Waals surface area contributed by atoms with Crippen LogP contribution in [0.25, 0.3) is 22.1 Å². The van der Waals surface area contributed by atoms with Gasteiger partial charge in [-0.15, -0.1) is 17.6 Å². The van der Waals surface area contributed by atoms with Gasteiger partial charge >= 0.3 is 36.4 Å². The first-order chi connectivity index (χ1) is 18.9. The van der Waals surface area contributed by atoms with Crippen molar-refractivity contribution in [1.29, 1.82) is 0 Å². The number of fused-ring (bicyclic) bond motifs is 1. The summed E-state index contributed by atoms with van der Waals surface area (Å²) in [5, 5.41) is 0.340. The third-order valence-corrected chi connectivity index (χ3v) is 4.69. The zero-order chi connectivity index (χ0) is 30.6. The van der Waals surface area contributed by atoms with Crippen LogP contribution in [0.3, 0.4) is 0 Å². The Morgan fingerprint density at radius 2 is 1.41 bits per heavy atom. The number of benzene rings is 2. The van der Waals surface area contributed by atoms with Gasteiger partial charge in [0.25, 0.3) is 0 Å². The molecule has 0 aliphatic heterocycles. The summed E-state index contributed by atoms with van der Waals surface area (Å²) in [6.45, 7) is -0.126. The monoisotopic (exact) mass is 598 g/mol. The fraction of sp³-hybridized carbons (Fsp3) is 0.280. The van der Waals surface area contributed by atoms with Gasteiger partial charge in [0, 0.05) is 17.0 Å². The van der Waals surface area contributed by atoms with Gasteiger partial charge in [0.05, 0.1) is 5.56 Å². The molecule has 2 aromatic carbocycles. The lowest BCUT2D eigenvalue weighted by Crippen LogP contribution is -2.46. The number of hydrogen-bond acceptors (Lipinski definition) is 8. The van der Waals surface area contributed by atoms with E-state index in [1.807, 2.05) is 0 Å². The highest BCUT2D eigenvalue weighted by molar-refractivity contribution is 5.87. The average molecular weight is 598 g/mol. The number of hydrogen-bond donors (Lipinski definition) is 0. The zero-order valence-corrected chi connectivity index (χ0v) is 20.6. The molecule has 1 aromatic heterocycles. The van der Waals surface area contributed by atoms with E-state index in [4.69, 9.17) is 4.42 Å². The molecule has 0 spiro atoms. The van der Waals surface area contributed by atoms with Gasteiger partial charge in [-0.25, -0.2) is 23.8 Å². The molecule has 0 N–H and O–H groups in total. The maximum atomic E-state index is 13.9. The second-order valence-electron chi connectivity index (χ2n) is 8.17. The summed E-state index contributed by atoms with van der Waals surface area (Å²) in [7, 11) is 0. The van der Waals surface area contributed by atoms with Crippen LogP contribution >= 0.6 is 0 Å². The molecule has 0 atom stereocenters. The van der Waals surface area contributed by atoms with Crippen LogP contribution < -0.4 is 10.4 Å². The van der Waals surface area contributed by atoms with Crippen LogP contribution in [0, 0.1) is 0 Å². The Balaban J connectivity index is 1.62. The van der Waals surface area contributed by atoms with E-state index < -0.39 is 60.9 Å². The molecule has 0 fully saturated rings. The Kier molecular flexibility index (Phi) is 9.10. The van der Waals surface area contributed by atoms with Crippen molar-refractivity contribution in [3.05, 3.63) is 77.2 Å². The summed E-state index contributed by atoms with van der Waals surface area (Å²) >= 11 is 0. The summed E-state index contributed by atoms with van der Waals surface area (Å²) in [6, 6.07) is 13.2. The van der Waals surface area contributed by atoms with Gasteiger partial charge in [-0.05, 0) is 30.7 Å². The first-order valence-corrected chi connectivity index (χ1v) is 11.1.